The molecule has 1 aliphatic rings. The number of nitrogens with two attached hydrogens (primary N) is 1. The molecule has 0 saturated heterocycles. The number of ether oxygens (including phenoxy) is 1. The van der Waals surface area contributed by atoms with E-state index in [1.54, 1.807) is 6.07 Å². The molecule has 1 fully saturated rings. The molecule has 21 heavy (non-hydrogen) atoms. The number of carbonyl (C=O) groups is 1. The summed E-state index contributed by atoms with van der Waals surface area (Å²) in [7, 11) is -3.69. The molecular weight excluding hydrogens is 310 g/mol. The van der Waals surface area contributed by atoms with Crippen molar-refractivity contribution in [2.45, 2.75) is 49.8 Å². The van der Waals surface area contributed by atoms with Gasteiger partial charge in [0.15, 0.2) is 0 Å². The van der Waals surface area contributed by atoms with Crippen LogP contribution in [-0.2, 0) is 26.0 Å². The summed E-state index contributed by atoms with van der Waals surface area (Å²) in [5.74, 6) is 0.936. The Kier molecular flexibility index (Phi) is 5.06. The molecule has 0 radical (unpaired) electrons. The number of esters is 1. The van der Waals surface area contributed by atoms with Crippen molar-refractivity contribution in [1.82, 2.24) is 0 Å². The van der Waals surface area contributed by atoms with E-state index in [1.807, 2.05) is 0 Å². The Morgan fingerprint density at radius 2 is 2.05 bits per heavy atom. The lowest BCUT2D eigenvalue weighted by Gasteiger charge is -2.31. The monoisotopic (exact) mass is 331 g/mol. The summed E-state index contributed by atoms with van der Waals surface area (Å²) in [6, 6.07) is 3.03. The van der Waals surface area contributed by atoms with E-state index in [2.05, 4.69) is 13.8 Å². The zero-order chi connectivity index (χ0) is 15.6. The first-order valence-electron chi connectivity index (χ1n) is 7.06. The molecule has 1 aromatic rings. The largest absolute Gasteiger partial charge is 0.462 e. The molecule has 2 N–H and O–H groups in total. The van der Waals surface area contributed by atoms with E-state index in [-0.39, 0.29) is 22.7 Å². The summed E-state index contributed by atoms with van der Waals surface area (Å²) in [6.45, 7) is 4.41. The molecule has 7 heteroatoms. The Labute approximate surface area is 129 Å². The van der Waals surface area contributed by atoms with Crippen LogP contribution in [0.15, 0.2) is 16.3 Å². The van der Waals surface area contributed by atoms with Gasteiger partial charge in [0.2, 0.25) is 10.0 Å². The molecule has 0 spiro atoms. The lowest BCUT2D eigenvalue weighted by Crippen LogP contribution is -2.29. The summed E-state index contributed by atoms with van der Waals surface area (Å²) in [5.41, 5.74) is 0. The van der Waals surface area contributed by atoms with Gasteiger partial charge in [-0.1, -0.05) is 13.8 Å². The summed E-state index contributed by atoms with van der Waals surface area (Å²) >= 11 is 1.02. The fourth-order valence-corrected chi connectivity index (χ4v) is 4.35. The van der Waals surface area contributed by atoms with Crippen molar-refractivity contribution in [2.24, 2.45) is 17.0 Å². The highest BCUT2D eigenvalue weighted by Crippen LogP contribution is 2.31. The van der Waals surface area contributed by atoms with Crippen molar-refractivity contribution >= 4 is 27.3 Å². The van der Waals surface area contributed by atoms with Gasteiger partial charge in [-0.25, -0.2) is 13.6 Å². The second-order valence-electron chi connectivity index (χ2n) is 5.82. The van der Waals surface area contributed by atoms with Gasteiger partial charge in [0.05, 0.1) is 6.42 Å². The second kappa shape index (κ2) is 6.46. The van der Waals surface area contributed by atoms with Gasteiger partial charge in [-0.15, -0.1) is 11.3 Å². The molecule has 3 atom stereocenters. The number of thiophene rings is 1. The molecule has 3 unspecified atom stereocenters. The van der Waals surface area contributed by atoms with Gasteiger partial charge in [0.1, 0.15) is 10.3 Å². The third-order valence-corrected chi connectivity index (χ3v) is 6.61. The highest BCUT2D eigenvalue weighted by Gasteiger charge is 2.27. The minimum absolute atomic E-state index is 0.0126. The van der Waals surface area contributed by atoms with Gasteiger partial charge in [-0.05, 0) is 43.2 Å². The second-order valence-corrected chi connectivity index (χ2v) is 8.78. The average molecular weight is 331 g/mol. The SMILES string of the molecule is CC1CCC(OC(=O)Cc2ccc(S(N)(=O)=O)s2)CC1C. The Balaban J connectivity index is 1.89. The van der Waals surface area contributed by atoms with E-state index >= 15 is 0 Å². The van der Waals surface area contributed by atoms with Crippen LogP contribution in [0.3, 0.4) is 0 Å². The molecule has 5 nitrogen and oxygen atoms in total. The smallest absolute Gasteiger partial charge is 0.311 e. The standard InChI is InChI=1S/C14H21NO4S2/c1-9-3-4-11(7-10(9)2)19-13(16)8-12-5-6-14(20-12)21(15,17)18/h5-6,9-11H,3-4,7-8H2,1-2H3,(H2,15,17,18). The fourth-order valence-electron chi connectivity index (χ4n) is 2.58. The predicted molar refractivity (Wildman–Crippen MR) is 81.5 cm³/mol. The van der Waals surface area contributed by atoms with E-state index in [9.17, 15) is 13.2 Å². The summed E-state index contributed by atoms with van der Waals surface area (Å²) in [6.07, 6.45) is 2.97. The molecule has 0 aliphatic heterocycles. The highest BCUT2D eigenvalue weighted by atomic mass is 32.2. The topological polar surface area (TPSA) is 86.5 Å². The molecule has 1 heterocycles. The number of rotatable bonds is 4. The van der Waals surface area contributed by atoms with Crippen LogP contribution in [-0.4, -0.2) is 20.5 Å². The van der Waals surface area contributed by atoms with Crippen LogP contribution in [0.2, 0.25) is 0 Å². The number of hydrogen-bond donors (Lipinski definition) is 1. The fraction of sp³-hybridized carbons (Fsp3) is 0.643. The van der Waals surface area contributed by atoms with E-state index in [4.69, 9.17) is 9.88 Å². The summed E-state index contributed by atoms with van der Waals surface area (Å²) in [4.78, 5) is 12.6. The molecule has 1 aromatic heterocycles. The van der Waals surface area contributed by atoms with Gasteiger partial charge in [-0.2, -0.15) is 0 Å². The van der Waals surface area contributed by atoms with Crippen molar-refractivity contribution in [3.63, 3.8) is 0 Å². The van der Waals surface area contributed by atoms with Crippen molar-refractivity contribution in [1.29, 1.82) is 0 Å². The predicted octanol–water partition coefficient (Wildman–Crippen LogP) is 2.31. The third kappa shape index (κ3) is 4.52. The lowest BCUT2D eigenvalue weighted by molar-refractivity contribution is -0.150. The van der Waals surface area contributed by atoms with Crippen LogP contribution in [0.5, 0.6) is 0 Å². The number of carbonyl (C=O) groups excluding carboxylic acids is 1. The van der Waals surface area contributed by atoms with Gasteiger partial charge in [0, 0.05) is 4.88 Å². The average Bonchev–Trinajstić information content (AvgIpc) is 2.82. The Morgan fingerprint density at radius 1 is 1.33 bits per heavy atom. The number of sulfonamides is 1. The van der Waals surface area contributed by atoms with Crippen molar-refractivity contribution in [2.75, 3.05) is 0 Å². The highest BCUT2D eigenvalue weighted by molar-refractivity contribution is 7.91. The van der Waals surface area contributed by atoms with Crippen molar-refractivity contribution in [3.05, 3.63) is 17.0 Å². The maximum absolute atomic E-state index is 11.9. The number of primary sulfonamides is 1. The first-order valence-corrected chi connectivity index (χ1v) is 9.43. The zero-order valence-electron chi connectivity index (χ0n) is 12.2. The van der Waals surface area contributed by atoms with Gasteiger partial charge in [-0.3, -0.25) is 4.79 Å². The summed E-state index contributed by atoms with van der Waals surface area (Å²) in [5, 5.41) is 5.05. The van der Waals surface area contributed by atoms with Crippen LogP contribution < -0.4 is 5.14 Å². The zero-order valence-corrected chi connectivity index (χ0v) is 13.9. The lowest BCUT2D eigenvalue weighted by atomic mass is 9.80. The Hall–Kier alpha value is -0.920. The van der Waals surface area contributed by atoms with E-state index in [0.717, 1.165) is 30.6 Å². The third-order valence-electron chi connectivity index (χ3n) is 4.08. The molecule has 0 amide bonds. The quantitative estimate of drug-likeness (QED) is 0.858. The molecular formula is C14H21NO4S2. The first kappa shape index (κ1) is 16.5. The van der Waals surface area contributed by atoms with Gasteiger partial charge in [0.25, 0.3) is 0 Å². The van der Waals surface area contributed by atoms with Crippen molar-refractivity contribution in [3.8, 4) is 0 Å². The van der Waals surface area contributed by atoms with Gasteiger partial charge < -0.3 is 4.74 Å². The van der Waals surface area contributed by atoms with Crippen LogP contribution in [0.25, 0.3) is 0 Å². The van der Waals surface area contributed by atoms with E-state index < -0.39 is 10.0 Å². The minimum atomic E-state index is -3.69. The normalized spacial score (nSPS) is 26.5. The van der Waals surface area contributed by atoms with Crippen molar-refractivity contribution < 1.29 is 17.9 Å². The van der Waals surface area contributed by atoms with Gasteiger partial charge >= 0.3 is 5.97 Å². The van der Waals surface area contributed by atoms with Crippen LogP contribution in [0.4, 0.5) is 0 Å². The summed E-state index contributed by atoms with van der Waals surface area (Å²) < 4.78 is 27.9. The van der Waals surface area contributed by atoms with E-state index in [1.165, 1.54) is 6.07 Å². The van der Waals surface area contributed by atoms with Crippen LogP contribution >= 0.6 is 11.3 Å². The molecule has 118 valence electrons. The minimum Gasteiger partial charge on any atom is -0.462 e. The first-order chi connectivity index (χ1) is 9.75. The van der Waals surface area contributed by atoms with Crippen LogP contribution in [0.1, 0.15) is 38.0 Å². The van der Waals surface area contributed by atoms with Crippen LogP contribution in [0, 0.1) is 11.8 Å². The molecule has 0 aromatic carbocycles. The van der Waals surface area contributed by atoms with E-state index in [0.29, 0.717) is 16.7 Å². The molecule has 1 aliphatic carbocycles. The number of hydrogen-bond acceptors (Lipinski definition) is 5. The Morgan fingerprint density at radius 3 is 2.62 bits per heavy atom. The molecule has 2 rings (SSSR count). The maximum atomic E-state index is 11.9. The Bertz CT molecular complexity index is 608. The molecule has 0 bridgehead atoms. The maximum Gasteiger partial charge on any atom is 0.311 e. The molecule has 1 saturated carbocycles.